The third kappa shape index (κ3) is 3.61. The number of nitrogens with one attached hydrogen (secondary N) is 1. The summed E-state index contributed by atoms with van der Waals surface area (Å²) in [6.45, 7) is 2.78. The summed E-state index contributed by atoms with van der Waals surface area (Å²) in [4.78, 5) is 30.8. The maximum Gasteiger partial charge on any atom is 0.240 e. The van der Waals surface area contributed by atoms with Crippen molar-refractivity contribution in [3.63, 3.8) is 0 Å². The molecule has 28 heavy (non-hydrogen) atoms. The summed E-state index contributed by atoms with van der Waals surface area (Å²) in [6, 6.07) is 7.72. The molecule has 2 aromatic rings. The number of hydrogen-bond donors (Lipinski definition) is 1. The number of para-hydroxylation sites is 1. The second kappa shape index (κ2) is 7.30. The number of benzene rings is 1. The minimum atomic E-state index is -0.433. The van der Waals surface area contributed by atoms with Gasteiger partial charge in [0.05, 0.1) is 6.04 Å². The van der Waals surface area contributed by atoms with Crippen LogP contribution in [-0.2, 0) is 16.1 Å². The molecule has 0 bridgehead atoms. The number of fused-ring (bicyclic) bond motifs is 1. The van der Waals surface area contributed by atoms with Gasteiger partial charge in [-0.25, -0.2) is 4.98 Å². The van der Waals surface area contributed by atoms with E-state index >= 15 is 0 Å². The molecule has 2 atom stereocenters. The van der Waals surface area contributed by atoms with Crippen LogP contribution in [0.15, 0.2) is 36.7 Å². The van der Waals surface area contributed by atoms with Crippen molar-refractivity contribution in [2.24, 2.45) is 0 Å². The van der Waals surface area contributed by atoms with Crippen molar-refractivity contribution in [1.29, 1.82) is 0 Å². The molecule has 7 nitrogen and oxygen atoms in total. The number of rotatable bonds is 3. The monoisotopic (exact) mass is 382 g/mol. The Morgan fingerprint density at radius 2 is 2.18 bits per heavy atom. The van der Waals surface area contributed by atoms with Crippen LogP contribution in [0.25, 0.3) is 0 Å². The predicted octanol–water partition coefficient (Wildman–Crippen LogP) is 2.21. The fraction of sp³-hybridized carbons (Fsp3) is 0.476. The van der Waals surface area contributed by atoms with Crippen LogP contribution in [0.1, 0.15) is 43.1 Å². The van der Waals surface area contributed by atoms with E-state index in [4.69, 9.17) is 4.74 Å². The number of ether oxygens (including phenoxy) is 1. The van der Waals surface area contributed by atoms with Gasteiger partial charge in [0.2, 0.25) is 11.8 Å². The summed E-state index contributed by atoms with van der Waals surface area (Å²) in [5.74, 6) is 1.70. The number of hydrogen-bond acceptors (Lipinski definition) is 4. The zero-order valence-corrected chi connectivity index (χ0v) is 16.4. The first-order chi connectivity index (χ1) is 13.5. The van der Waals surface area contributed by atoms with Gasteiger partial charge in [0.15, 0.2) is 0 Å². The van der Waals surface area contributed by atoms with E-state index < -0.39 is 5.60 Å². The number of carbonyl (C=O) groups excluding carboxylic acids is 2. The van der Waals surface area contributed by atoms with Gasteiger partial charge in [0.1, 0.15) is 23.7 Å². The van der Waals surface area contributed by atoms with E-state index in [0.29, 0.717) is 25.8 Å². The minimum Gasteiger partial charge on any atom is -0.487 e. The third-order valence-corrected chi connectivity index (χ3v) is 5.89. The Balaban J connectivity index is 1.56. The maximum atomic E-state index is 12.7. The molecule has 2 aliphatic rings. The van der Waals surface area contributed by atoms with Crippen LogP contribution in [-0.4, -0.2) is 45.5 Å². The Kier molecular flexibility index (Phi) is 4.83. The summed E-state index contributed by atoms with van der Waals surface area (Å²) >= 11 is 0. The second-order valence-corrected chi connectivity index (χ2v) is 7.81. The molecule has 148 valence electrons. The van der Waals surface area contributed by atoms with Crippen LogP contribution in [0.4, 0.5) is 0 Å². The van der Waals surface area contributed by atoms with Gasteiger partial charge >= 0.3 is 0 Å². The molecule has 1 spiro atoms. The van der Waals surface area contributed by atoms with Gasteiger partial charge in [0.25, 0.3) is 0 Å². The van der Waals surface area contributed by atoms with Gasteiger partial charge in [-0.3, -0.25) is 9.59 Å². The summed E-state index contributed by atoms with van der Waals surface area (Å²) in [5.41, 5.74) is 0.560. The lowest BCUT2D eigenvalue weighted by atomic mass is 9.82. The molecule has 1 N–H and O–H groups in total. The Morgan fingerprint density at radius 1 is 1.36 bits per heavy atom. The lowest BCUT2D eigenvalue weighted by Gasteiger charge is -2.42. The molecule has 2 amide bonds. The predicted molar refractivity (Wildman–Crippen MR) is 104 cm³/mol. The van der Waals surface area contributed by atoms with Gasteiger partial charge in [-0.05, 0) is 19.4 Å². The highest BCUT2D eigenvalue weighted by Crippen LogP contribution is 2.44. The number of nitrogens with zero attached hydrogens (tertiary/aromatic N) is 3. The molecule has 0 unspecified atom stereocenters. The molecule has 1 aromatic carbocycles. The fourth-order valence-electron chi connectivity index (χ4n) is 4.17. The lowest BCUT2D eigenvalue weighted by molar-refractivity contribution is -0.129. The van der Waals surface area contributed by atoms with Crippen LogP contribution >= 0.6 is 0 Å². The van der Waals surface area contributed by atoms with Crippen molar-refractivity contribution >= 4 is 11.8 Å². The zero-order valence-electron chi connectivity index (χ0n) is 16.4. The number of imidazole rings is 1. The summed E-state index contributed by atoms with van der Waals surface area (Å²) < 4.78 is 8.26. The Bertz CT molecular complexity index is 893. The van der Waals surface area contributed by atoms with E-state index in [0.717, 1.165) is 23.6 Å². The summed E-state index contributed by atoms with van der Waals surface area (Å²) in [5, 5.41) is 3.19. The highest BCUT2D eigenvalue weighted by molar-refractivity contribution is 5.77. The van der Waals surface area contributed by atoms with E-state index in [1.54, 1.807) is 17.3 Å². The first-order valence-electron chi connectivity index (χ1n) is 9.75. The molecule has 2 aliphatic heterocycles. The van der Waals surface area contributed by atoms with E-state index in [1.165, 1.54) is 0 Å². The molecule has 3 heterocycles. The van der Waals surface area contributed by atoms with Gasteiger partial charge in [-0.1, -0.05) is 18.2 Å². The molecule has 0 saturated carbocycles. The average molecular weight is 382 g/mol. The quantitative estimate of drug-likeness (QED) is 0.883. The van der Waals surface area contributed by atoms with Crippen LogP contribution < -0.4 is 10.1 Å². The molecule has 1 saturated heterocycles. The highest BCUT2D eigenvalue weighted by Gasteiger charge is 2.43. The van der Waals surface area contributed by atoms with Gasteiger partial charge < -0.3 is 19.5 Å². The Morgan fingerprint density at radius 3 is 2.96 bits per heavy atom. The van der Waals surface area contributed by atoms with Crippen molar-refractivity contribution in [3.8, 4) is 5.75 Å². The number of amides is 2. The van der Waals surface area contributed by atoms with Crippen molar-refractivity contribution in [1.82, 2.24) is 19.8 Å². The average Bonchev–Trinajstić information content (AvgIpc) is 3.03. The van der Waals surface area contributed by atoms with Crippen molar-refractivity contribution in [2.45, 2.75) is 50.8 Å². The first-order valence-corrected chi connectivity index (χ1v) is 9.75. The van der Waals surface area contributed by atoms with E-state index in [-0.39, 0.29) is 24.4 Å². The molecule has 4 rings (SSSR count). The van der Waals surface area contributed by atoms with Crippen LogP contribution in [0, 0.1) is 6.92 Å². The highest BCUT2D eigenvalue weighted by atomic mass is 16.5. The molecule has 7 heteroatoms. The van der Waals surface area contributed by atoms with Crippen molar-refractivity contribution in [2.75, 3.05) is 13.6 Å². The van der Waals surface area contributed by atoms with Crippen molar-refractivity contribution in [3.05, 3.63) is 48.0 Å². The summed E-state index contributed by atoms with van der Waals surface area (Å²) in [7, 11) is 1.84. The summed E-state index contributed by atoms with van der Waals surface area (Å²) in [6.07, 6.45) is 6.06. The maximum absolute atomic E-state index is 12.7. The van der Waals surface area contributed by atoms with Crippen LogP contribution in [0.5, 0.6) is 5.75 Å². The lowest BCUT2D eigenvalue weighted by Crippen LogP contribution is -2.46. The first kappa shape index (κ1) is 18.5. The number of aromatic nitrogens is 2. The smallest absolute Gasteiger partial charge is 0.240 e. The second-order valence-electron chi connectivity index (χ2n) is 7.81. The van der Waals surface area contributed by atoms with Gasteiger partial charge in [-0.2, -0.15) is 0 Å². The number of aryl methyl sites for hydroxylation is 1. The van der Waals surface area contributed by atoms with Gasteiger partial charge in [-0.15, -0.1) is 0 Å². The number of carbonyl (C=O) groups is 2. The molecular weight excluding hydrogens is 356 g/mol. The molecule has 1 aromatic heterocycles. The standard InChI is InChI=1S/C21H26N4O3/c1-15-22-10-12-25(15)14-19(26)23-17-13-21(8-7-20(27)24(2)11-9-21)28-18-6-4-3-5-16(17)18/h3-6,10,12,17H,7-9,11,13-14H2,1-2H3,(H,23,26)/t17-,21-/m0/s1. The fourth-order valence-corrected chi connectivity index (χ4v) is 4.17. The van der Waals surface area contributed by atoms with E-state index in [9.17, 15) is 9.59 Å². The van der Waals surface area contributed by atoms with Crippen LogP contribution in [0.3, 0.4) is 0 Å². The van der Waals surface area contributed by atoms with Crippen LogP contribution in [0.2, 0.25) is 0 Å². The SMILES string of the molecule is Cc1nccn1CC(=O)N[C@H]1C[C@@]2(CCC(=O)N(C)CC2)Oc2ccccc21. The molecule has 0 aliphatic carbocycles. The van der Waals surface area contributed by atoms with E-state index in [1.807, 2.05) is 42.8 Å². The Labute approximate surface area is 164 Å². The molecular formula is C21H26N4O3. The zero-order chi connectivity index (χ0) is 19.7. The third-order valence-electron chi connectivity index (χ3n) is 5.89. The van der Waals surface area contributed by atoms with E-state index in [2.05, 4.69) is 10.3 Å². The topological polar surface area (TPSA) is 76.5 Å². The molecule has 1 fully saturated rings. The largest absolute Gasteiger partial charge is 0.487 e. The van der Waals surface area contributed by atoms with Crippen molar-refractivity contribution < 1.29 is 14.3 Å². The Hall–Kier alpha value is -2.83. The number of likely N-dealkylation sites (tertiary alicyclic amines) is 1. The minimum absolute atomic E-state index is 0.0558. The normalized spacial score (nSPS) is 24.4. The molecule has 0 radical (unpaired) electrons. The van der Waals surface area contributed by atoms with Gasteiger partial charge in [0, 0.05) is 50.8 Å².